The summed E-state index contributed by atoms with van der Waals surface area (Å²) in [5.74, 6) is 0.451. The van der Waals surface area contributed by atoms with Gasteiger partial charge < -0.3 is 15.1 Å². The second kappa shape index (κ2) is 6.41. The summed E-state index contributed by atoms with van der Waals surface area (Å²) >= 11 is 0. The molecule has 0 aliphatic carbocycles. The van der Waals surface area contributed by atoms with E-state index in [0.717, 1.165) is 25.9 Å². The molecule has 1 saturated heterocycles. The molecule has 1 fully saturated rings. The molecule has 21 heavy (non-hydrogen) atoms. The van der Waals surface area contributed by atoms with Gasteiger partial charge in [-0.1, -0.05) is 0 Å². The summed E-state index contributed by atoms with van der Waals surface area (Å²) in [5, 5.41) is 10.5. The predicted octanol–water partition coefficient (Wildman–Crippen LogP) is 2.05. The van der Waals surface area contributed by atoms with Gasteiger partial charge in [0.25, 0.3) is 0 Å². The Balaban J connectivity index is 1.57. The Morgan fingerprint density at radius 1 is 1.48 bits per heavy atom. The molecule has 0 unspecified atom stereocenters. The highest BCUT2D eigenvalue weighted by molar-refractivity contribution is 6.01. The van der Waals surface area contributed by atoms with Gasteiger partial charge in [-0.05, 0) is 44.1 Å². The lowest BCUT2D eigenvalue weighted by Crippen LogP contribution is -2.29. The molecule has 3 heterocycles. The van der Waals surface area contributed by atoms with E-state index in [9.17, 15) is 4.79 Å². The van der Waals surface area contributed by atoms with Gasteiger partial charge in [0, 0.05) is 12.3 Å². The van der Waals surface area contributed by atoms with Crippen LogP contribution in [0.4, 0.5) is 5.69 Å². The van der Waals surface area contributed by atoms with E-state index in [1.54, 1.807) is 30.7 Å². The van der Waals surface area contributed by atoms with Gasteiger partial charge in [0.15, 0.2) is 0 Å². The maximum Gasteiger partial charge on any atom is 0.248 e. The number of furan rings is 1. The van der Waals surface area contributed by atoms with Crippen LogP contribution < -0.4 is 10.6 Å². The van der Waals surface area contributed by atoms with Crippen molar-refractivity contribution < 1.29 is 9.21 Å². The number of carbonyl (C=O) groups excluding carboxylic acids is 1. The number of piperidine rings is 1. The fourth-order valence-corrected chi connectivity index (χ4v) is 2.40. The van der Waals surface area contributed by atoms with E-state index in [0.29, 0.717) is 17.5 Å². The van der Waals surface area contributed by atoms with Crippen molar-refractivity contribution in [3.8, 4) is 0 Å². The number of nitrogens with one attached hydrogen (secondary N) is 2. The van der Waals surface area contributed by atoms with Gasteiger partial charge >= 0.3 is 0 Å². The molecular weight excluding hydrogens is 268 g/mol. The Morgan fingerprint density at radius 3 is 3.10 bits per heavy atom. The summed E-state index contributed by atoms with van der Waals surface area (Å²) < 4.78 is 7.07. The van der Waals surface area contributed by atoms with Crippen LogP contribution in [0.1, 0.15) is 24.6 Å². The molecule has 2 N–H and O–H groups in total. The highest BCUT2D eigenvalue weighted by Crippen LogP contribution is 2.19. The van der Waals surface area contributed by atoms with Crippen molar-refractivity contribution in [1.82, 2.24) is 15.1 Å². The number of nitrogens with zero attached hydrogens (tertiary/aromatic N) is 2. The first-order chi connectivity index (χ1) is 10.3. The fourth-order valence-electron chi connectivity index (χ4n) is 2.40. The van der Waals surface area contributed by atoms with Crippen molar-refractivity contribution in [2.45, 2.75) is 18.9 Å². The standard InChI is InChI=1S/C15H18N4O2/c20-15(4-3-14-2-1-9-21-14)18-12-10-17-19(11-12)13-5-7-16-8-6-13/h1-4,9-11,13,16H,5-8H2,(H,18,20). The summed E-state index contributed by atoms with van der Waals surface area (Å²) in [7, 11) is 0. The maximum absolute atomic E-state index is 11.8. The monoisotopic (exact) mass is 286 g/mol. The van der Waals surface area contributed by atoms with Crippen LogP contribution in [0.5, 0.6) is 0 Å². The first-order valence-electron chi connectivity index (χ1n) is 7.09. The number of carbonyl (C=O) groups is 1. The first-order valence-corrected chi connectivity index (χ1v) is 7.09. The van der Waals surface area contributed by atoms with Crippen molar-refractivity contribution in [3.63, 3.8) is 0 Å². The smallest absolute Gasteiger partial charge is 0.248 e. The molecule has 0 spiro atoms. The normalized spacial score (nSPS) is 16.4. The lowest BCUT2D eigenvalue weighted by molar-refractivity contribution is -0.111. The number of anilines is 1. The highest BCUT2D eigenvalue weighted by Gasteiger charge is 2.15. The summed E-state index contributed by atoms with van der Waals surface area (Å²) in [6, 6.07) is 3.98. The second-order valence-electron chi connectivity index (χ2n) is 5.03. The Morgan fingerprint density at radius 2 is 2.33 bits per heavy atom. The van der Waals surface area contributed by atoms with Crippen molar-refractivity contribution in [2.24, 2.45) is 0 Å². The maximum atomic E-state index is 11.8. The zero-order chi connectivity index (χ0) is 14.5. The molecule has 1 aliphatic heterocycles. The van der Waals surface area contributed by atoms with Crippen LogP contribution >= 0.6 is 0 Å². The second-order valence-corrected chi connectivity index (χ2v) is 5.03. The molecule has 6 heteroatoms. The van der Waals surface area contributed by atoms with Gasteiger partial charge in [-0.25, -0.2) is 0 Å². The average molecular weight is 286 g/mol. The van der Waals surface area contributed by atoms with Crippen LogP contribution in [0, 0.1) is 0 Å². The zero-order valence-electron chi connectivity index (χ0n) is 11.7. The molecule has 6 nitrogen and oxygen atoms in total. The van der Waals surface area contributed by atoms with Crippen LogP contribution in [0.3, 0.4) is 0 Å². The van der Waals surface area contributed by atoms with Crippen LogP contribution in [0.2, 0.25) is 0 Å². The van der Waals surface area contributed by atoms with E-state index in [2.05, 4.69) is 15.7 Å². The van der Waals surface area contributed by atoms with E-state index >= 15 is 0 Å². The van der Waals surface area contributed by atoms with E-state index in [1.165, 1.54) is 6.08 Å². The largest absolute Gasteiger partial charge is 0.465 e. The van der Waals surface area contributed by atoms with Crippen molar-refractivity contribution in [2.75, 3.05) is 18.4 Å². The van der Waals surface area contributed by atoms with E-state index in [-0.39, 0.29) is 5.91 Å². The van der Waals surface area contributed by atoms with Crippen LogP contribution in [0.25, 0.3) is 6.08 Å². The first kappa shape index (κ1) is 13.6. The number of hydrogen-bond donors (Lipinski definition) is 2. The summed E-state index contributed by atoms with van der Waals surface area (Å²) in [5.41, 5.74) is 0.711. The van der Waals surface area contributed by atoms with Gasteiger partial charge in [0.05, 0.1) is 24.2 Å². The van der Waals surface area contributed by atoms with Crippen molar-refractivity contribution in [1.29, 1.82) is 0 Å². The van der Waals surface area contributed by atoms with Gasteiger partial charge in [0.1, 0.15) is 5.76 Å². The van der Waals surface area contributed by atoms with Gasteiger partial charge in [-0.15, -0.1) is 0 Å². The molecule has 0 bridgehead atoms. The van der Waals surface area contributed by atoms with E-state index < -0.39 is 0 Å². The van der Waals surface area contributed by atoms with Crippen molar-refractivity contribution in [3.05, 3.63) is 42.6 Å². The van der Waals surface area contributed by atoms with Gasteiger partial charge in [-0.2, -0.15) is 5.10 Å². The predicted molar refractivity (Wildman–Crippen MR) is 79.7 cm³/mol. The molecule has 1 aliphatic rings. The number of hydrogen-bond acceptors (Lipinski definition) is 4. The Labute approximate surface area is 122 Å². The summed E-state index contributed by atoms with van der Waals surface area (Å²) in [6.45, 7) is 2.02. The molecule has 0 saturated carbocycles. The molecule has 2 aromatic rings. The van der Waals surface area contributed by atoms with Crippen molar-refractivity contribution >= 4 is 17.7 Å². The number of amides is 1. The lowest BCUT2D eigenvalue weighted by Gasteiger charge is -2.22. The molecule has 3 rings (SSSR count). The average Bonchev–Trinajstić information content (AvgIpc) is 3.17. The third-order valence-electron chi connectivity index (χ3n) is 3.49. The highest BCUT2D eigenvalue weighted by atomic mass is 16.3. The Kier molecular flexibility index (Phi) is 4.16. The zero-order valence-corrected chi connectivity index (χ0v) is 11.7. The molecular formula is C15H18N4O2. The minimum absolute atomic E-state index is 0.198. The lowest BCUT2D eigenvalue weighted by atomic mass is 10.1. The van der Waals surface area contributed by atoms with Crippen LogP contribution in [-0.2, 0) is 4.79 Å². The number of rotatable bonds is 4. The molecule has 110 valence electrons. The third-order valence-corrected chi connectivity index (χ3v) is 3.49. The molecule has 2 aromatic heterocycles. The summed E-state index contributed by atoms with van der Waals surface area (Å²) in [6.07, 6.45) is 10.3. The topological polar surface area (TPSA) is 72.1 Å². The van der Waals surface area contributed by atoms with Gasteiger partial charge in [0.2, 0.25) is 5.91 Å². The minimum Gasteiger partial charge on any atom is -0.465 e. The Bertz CT molecular complexity index is 609. The molecule has 0 radical (unpaired) electrons. The molecule has 0 aromatic carbocycles. The SMILES string of the molecule is O=C(C=Cc1ccco1)Nc1cnn(C2CCNCC2)c1. The molecule has 0 atom stereocenters. The van der Waals surface area contributed by atoms with Crippen LogP contribution in [-0.4, -0.2) is 28.8 Å². The fraction of sp³-hybridized carbons (Fsp3) is 0.333. The number of aromatic nitrogens is 2. The van der Waals surface area contributed by atoms with E-state index in [4.69, 9.17) is 4.42 Å². The molecule has 1 amide bonds. The van der Waals surface area contributed by atoms with Gasteiger partial charge in [-0.3, -0.25) is 9.48 Å². The quantitative estimate of drug-likeness (QED) is 0.844. The summed E-state index contributed by atoms with van der Waals surface area (Å²) in [4.78, 5) is 11.8. The Hall–Kier alpha value is -2.34. The van der Waals surface area contributed by atoms with Crippen LogP contribution in [0.15, 0.2) is 41.3 Å². The third kappa shape index (κ3) is 3.61. The minimum atomic E-state index is -0.198. The van der Waals surface area contributed by atoms with E-state index in [1.807, 2.05) is 10.9 Å².